The molecule has 2 N–H and O–H groups in total. The van der Waals surface area contributed by atoms with Gasteiger partial charge in [0, 0.05) is 51.2 Å². The van der Waals surface area contributed by atoms with E-state index in [1.54, 1.807) is 12.4 Å². The molecule has 0 amide bonds. The van der Waals surface area contributed by atoms with Gasteiger partial charge in [0.1, 0.15) is 5.82 Å². The monoisotopic (exact) mass is 311 g/mol. The van der Waals surface area contributed by atoms with Crippen LogP contribution in [0.3, 0.4) is 0 Å². The Morgan fingerprint density at radius 2 is 1.83 bits per heavy atom. The van der Waals surface area contributed by atoms with Gasteiger partial charge in [-0.1, -0.05) is 31.2 Å². The largest absolute Gasteiger partial charge is 0.353 e. The fourth-order valence-electron chi connectivity index (χ4n) is 3.00. The van der Waals surface area contributed by atoms with E-state index in [0.29, 0.717) is 0 Å². The highest BCUT2D eigenvalue weighted by Crippen LogP contribution is 2.16. The zero-order chi connectivity index (χ0) is 16.1. The van der Waals surface area contributed by atoms with Crippen LogP contribution in [0.2, 0.25) is 0 Å². The molecule has 0 spiro atoms. The summed E-state index contributed by atoms with van der Waals surface area (Å²) in [6.45, 7) is 7.04. The fourth-order valence-corrected chi connectivity index (χ4v) is 3.00. The lowest BCUT2D eigenvalue weighted by molar-refractivity contribution is 0.243. The second-order valence-electron chi connectivity index (χ2n) is 6.05. The van der Waals surface area contributed by atoms with Crippen molar-refractivity contribution in [2.75, 3.05) is 37.6 Å². The lowest BCUT2D eigenvalue weighted by Crippen LogP contribution is -2.48. The first-order valence-electron chi connectivity index (χ1n) is 8.34. The number of benzene rings is 1. The zero-order valence-electron chi connectivity index (χ0n) is 13.7. The molecule has 1 unspecified atom stereocenters. The van der Waals surface area contributed by atoms with Crippen molar-refractivity contribution in [3.63, 3.8) is 0 Å². The first-order chi connectivity index (χ1) is 11.3. The van der Waals surface area contributed by atoms with Crippen molar-refractivity contribution >= 4 is 5.82 Å². The Morgan fingerprint density at radius 3 is 2.43 bits per heavy atom. The summed E-state index contributed by atoms with van der Waals surface area (Å²) in [5, 5.41) is 0. The normalized spacial score (nSPS) is 17.2. The molecule has 1 fully saturated rings. The summed E-state index contributed by atoms with van der Waals surface area (Å²) in [5.74, 6) is 0.964. The third-order valence-electron chi connectivity index (χ3n) is 4.52. The predicted molar refractivity (Wildman–Crippen MR) is 93.4 cm³/mol. The average Bonchev–Trinajstić information content (AvgIpc) is 2.63. The van der Waals surface area contributed by atoms with Crippen LogP contribution in [0.15, 0.2) is 42.9 Å². The molecule has 0 saturated carbocycles. The highest BCUT2D eigenvalue weighted by Gasteiger charge is 2.20. The fraction of sp³-hybridized carbons (Fsp3) is 0.444. The van der Waals surface area contributed by atoms with Gasteiger partial charge < -0.3 is 10.6 Å². The van der Waals surface area contributed by atoms with Gasteiger partial charge in [0.15, 0.2) is 0 Å². The predicted octanol–water partition coefficient (Wildman–Crippen LogP) is 1.86. The highest BCUT2D eigenvalue weighted by molar-refractivity contribution is 5.35. The second-order valence-corrected chi connectivity index (χ2v) is 6.05. The zero-order valence-corrected chi connectivity index (χ0v) is 13.7. The van der Waals surface area contributed by atoms with Crippen molar-refractivity contribution in [1.29, 1.82) is 0 Å². The molecule has 0 radical (unpaired) electrons. The number of aryl methyl sites for hydroxylation is 1. The van der Waals surface area contributed by atoms with Gasteiger partial charge in [0.25, 0.3) is 0 Å². The average molecular weight is 311 g/mol. The molecule has 3 rings (SSSR count). The summed E-state index contributed by atoms with van der Waals surface area (Å²) in [4.78, 5) is 13.2. The molecular weight excluding hydrogens is 286 g/mol. The second kappa shape index (κ2) is 7.53. The molecule has 5 heteroatoms. The molecule has 0 aliphatic carbocycles. The smallest absolute Gasteiger partial charge is 0.147 e. The maximum Gasteiger partial charge on any atom is 0.147 e. The van der Waals surface area contributed by atoms with Crippen molar-refractivity contribution in [1.82, 2.24) is 14.9 Å². The van der Waals surface area contributed by atoms with Gasteiger partial charge in [0.2, 0.25) is 0 Å². The van der Waals surface area contributed by atoms with E-state index in [1.807, 2.05) is 6.20 Å². The third-order valence-corrected chi connectivity index (χ3v) is 4.52. The van der Waals surface area contributed by atoms with Crippen LogP contribution >= 0.6 is 0 Å². The number of hydrogen-bond donors (Lipinski definition) is 1. The number of hydrogen-bond acceptors (Lipinski definition) is 5. The van der Waals surface area contributed by atoms with Crippen LogP contribution in [0.25, 0.3) is 0 Å². The Morgan fingerprint density at radius 1 is 1.09 bits per heavy atom. The van der Waals surface area contributed by atoms with Crippen molar-refractivity contribution in [2.24, 2.45) is 5.73 Å². The molecule has 1 aliphatic rings. The van der Waals surface area contributed by atoms with Gasteiger partial charge in [-0.2, -0.15) is 0 Å². The van der Waals surface area contributed by atoms with Crippen LogP contribution in [0, 0.1) is 0 Å². The first-order valence-corrected chi connectivity index (χ1v) is 8.34. The molecular formula is C18H25N5. The van der Waals surface area contributed by atoms with E-state index in [-0.39, 0.29) is 6.04 Å². The molecule has 1 aliphatic heterocycles. The SMILES string of the molecule is CCc1ccc(C(N)CN2CCN(c3cnccn3)CC2)cc1. The minimum absolute atomic E-state index is 0.0731. The lowest BCUT2D eigenvalue weighted by Gasteiger charge is -2.36. The Balaban J connectivity index is 1.51. The van der Waals surface area contributed by atoms with Crippen LogP contribution in [-0.4, -0.2) is 47.6 Å². The van der Waals surface area contributed by atoms with Gasteiger partial charge in [0.05, 0.1) is 6.20 Å². The van der Waals surface area contributed by atoms with Crippen LogP contribution in [0.5, 0.6) is 0 Å². The number of nitrogens with two attached hydrogens (primary N) is 1. The van der Waals surface area contributed by atoms with E-state index in [9.17, 15) is 0 Å². The number of anilines is 1. The maximum absolute atomic E-state index is 6.39. The minimum atomic E-state index is 0.0731. The van der Waals surface area contributed by atoms with Gasteiger partial charge >= 0.3 is 0 Å². The standard InChI is InChI=1S/C18H25N5/c1-2-15-3-5-16(6-4-15)17(19)14-22-9-11-23(12-10-22)18-13-20-7-8-21-18/h3-8,13,17H,2,9-12,14,19H2,1H3. The molecule has 1 aromatic heterocycles. The van der Waals surface area contributed by atoms with E-state index in [2.05, 4.69) is 51.0 Å². The third kappa shape index (κ3) is 4.06. The molecule has 2 aromatic rings. The number of piperazine rings is 1. The van der Waals surface area contributed by atoms with E-state index in [1.165, 1.54) is 11.1 Å². The summed E-state index contributed by atoms with van der Waals surface area (Å²) in [6.07, 6.45) is 6.36. The number of rotatable bonds is 5. The molecule has 23 heavy (non-hydrogen) atoms. The molecule has 1 saturated heterocycles. The van der Waals surface area contributed by atoms with Crippen LogP contribution in [-0.2, 0) is 6.42 Å². The molecule has 0 bridgehead atoms. The molecule has 5 nitrogen and oxygen atoms in total. The summed E-state index contributed by atoms with van der Waals surface area (Å²) >= 11 is 0. The molecule has 1 aromatic carbocycles. The summed E-state index contributed by atoms with van der Waals surface area (Å²) in [6, 6.07) is 8.77. The lowest BCUT2D eigenvalue weighted by atomic mass is 10.0. The van der Waals surface area contributed by atoms with E-state index in [4.69, 9.17) is 5.73 Å². The van der Waals surface area contributed by atoms with Gasteiger partial charge in [-0.3, -0.25) is 9.88 Å². The maximum atomic E-state index is 6.39. The number of aromatic nitrogens is 2. The Bertz CT molecular complexity index is 591. The van der Waals surface area contributed by atoms with Gasteiger partial charge in [-0.25, -0.2) is 4.98 Å². The summed E-state index contributed by atoms with van der Waals surface area (Å²) in [7, 11) is 0. The van der Waals surface area contributed by atoms with E-state index < -0.39 is 0 Å². The topological polar surface area (TPSA) is 58.3 Å². The Hall–Kier alpha value is -1.98. The van der Waals surface area contributed by atoms with Crippen molar-refractivity contribution < 1.29 is 0 Å². The minimum Gasteiger partial charge on any atom is -0.353 e. The molecule has 2 heterocycles. The molecule has 122 valence electrons. The summed E-state index contributed by atoms with van der Waals surface area (Å²) < 4.78 is 0. The number of nitrogens with zero attached hydrogens (tertiary/aromatic N) is 4. The van der Waals surface area contributed by atoms with E-state index in [0.717, 1.165) is 45.0 Å². The van der Waals surface area contributed by atoms with Crippen LogP contribution in [0.1, 0.15) is 24.1 Å². The van der Waals surface area contributed by atoms with Gasteiger partial charge in [-0.05, 0) is 17.5 Å². The summed E-state index contributed by atoms with van der Waals surface area (Å²) in [5.41, 5.74) is 8.97. The van der Waals surface area contributed by atoms with Gasteiger partial charge in [-0.15, -0.1) is 0 Å². The highest BCUT2D eigenvalue weighted by atomic mass is 15.3. The van der Waals surface area contributed by atoms with Crippen molar-refractivity contribution in [2.45, 2.75) is 19.4 Å². The molecule has 1 atom stereocenters. The van der Waals surface area contributed by atoms with Crippen molar-refractivity contribution in [3.05, 3.63) is 54.0 Å². The Labute approximate surface area is 138 Å². The Kier molecular flexibility index (Phi) is 5.20. The van der Waals surface area contributed by atoms with Crippen molar-refractivity contribution in [3.8, 4) is 0 Å². The van der Waals surface area contributed by atoms with E-state index >= 15 is 0 Å². The van der Waals surface area contributed by atoms with Crippen LogP contribution in [0.4, 0.5) is 5.82 Å². The van der Waals surface area contributed by atoms with Crippen LogP contribution < -0.4 is 10.6 Å². The quantitative estimate of drug-likeness (QED) is 0.913. The first kappa shape index (κ1) is 15.9.